The summed E-state index contributed by atoms with van der Waals surface area (Å²) in [6, 6.07) is 6.18. The highest BCUT2D eigenvalue weighted by molar-refractivity contribution is 5.77. The minimum Gasteiger partial charge on any atom is -0.465 e. The van der Waals surface area contributed by atoms with Crippen LogP contribution in [0, 0.1) is 6.92 Å². The summed E-state index contributed by atoms with van der Waals surface area (Å²) >= 11 is 0. The number of amides is 1. The van der Waals surface area contributed by atoms with Gasteiger partial charge in [0.25, 0.3) is 0 Å². The van der Waals surface area contributed by atoms with E-state index in [1.165, 1.54) is 5.69 Å². The van der Waals surface area contributed by atoms with Crippen LogP contribution in [0.3, 0.4) is 0 Å². The van der Waals surface area contributed by atoms with Crippen LogP contribution in [0.5, 0.6) is 0 Å². The zero-order chi connectivity index (χ0) is 15.8. The Kier molecular flexibility index (Phi) is 3.69. The molecule has 2 aliphatic heterocycles. The summed E-state index contributed by atoms with van der Waals surface area (Å²) in [6.45, 7) is 6.22. The highest BCUT2D eigenvalue weighted by atomic mass is 16.3. The van der Waals surface area contributed by atoms with Crippen molar-refractivity contribution in [3.63, 3.8) is 0 Å². The molecule has 23 heavy (non-hydrogen) atoms. The molecule has 0 unspecified atom stereocenters. The monoisotopic (exact) mass is 314 g/mol. The molecule has 0 aromatic carbocycles. The molecule has 1 atom stereocenters. The molecule has 2 aromatic rings. The van der Waals surface area contributed by atoms with Gasteiger partial charge in [-0.05, 0) is 31.5 Å². The molecule has 6 heteroatoms. The first-order valence-corrected chi connectivity index (χ1v) is 8.27. The van der Waals surface area contributed by atoms with Gasteiger partial charge < -0.3 is 9.32 Å². The molecule has 6 nitrogen and oxygen atoms in total. The normalized spacial score (nSPS) is 21.1. The van der Waals surface area contributed by atoms with Gasteiger partial charge in [-0.15, -0.1) is 0 Å². The molecule has 122 valence electrons. The lowest BCUT2D eigenvalue weighted by atomic mass is 10.1. The minimum atomic E-state index is 0.109. The molecule has 0 saturated carbocycles. The van der Waals surface area contributed by atoms with Crippen LogP contribution >= 0.6 is 0 Å². The van der Waals surface area contributed by atoms with Gasteiger partial charge in [0, 0.05) is 32.4 Å². The Labute approximate surface area is 135 Å². The molecule has 2 aliphatic rings. The maximum absolute atomic E-state index is 12.3. The molecule has 4 rings (SSSR count). The second kappa shape index (κ2) is 5.85. The molecule has 1 saturated heterocycles. The van der Waals surface area contributed by atoms with Crippen molar-refractivity contribution in [2.45, 2.75) is 38.9 Å². The van der Waals surface area contributed by atoms with Crippen molar-refractivity contribution in [2.24, 2.45) is 0 Å². The van der Waals surface area contributed by atoms with E-state index in [0.29, 0.717) is 6.42 Å². The fourth-order valence-corrected chi connectivity index (χ4v) is 3.42. The van der Waals surface area contributed by atoms with Crippen LogP contribution in [-0.4, -0.2) is 45.1 Å². The summed E-state index contributed by atoms with van der Waals surface area (Å²) in [4.78, 5) is 16.6. The zero-order valence-corrected chi connectivity index (χ0v) is 13.4. The number of carbonyl (C=O) groups excluding carboxylic acids is 1. The maximum atomic E-state index is 12.3. The number of hydrogen-bond donors (Lipinski definition) is 0. The van der Waals surface area contributed by atoms with Gasteiger partial charge in [0.1, 0.15) is 11.5 Å². The van der Waals surface area contributed by atoms with E-state index in [0.717, 1.165) is 50.7 Å². The molecule has 4 heterocycles. The highest BCUT2D eigenvalue weighted by Crippen LogP contribution is 2.26. The third-order valence-corrected chi connectivity index (χ3v) is 4.75. The van der Waals surface area contributed by atoms with Gasteiger partial charge in [0.05, 0.1) is 24.7 Å². The summed E-state index contributed by atoms with van der Waals surface area (Å²) in [5, 5.41) is 4.44. The Balaban J connectivity index is 1.48. The fraction of sp³-hybridized carbons (Fsp3) is 0.529. The number of aryl methyl sites for hydroxylation is 1. The van der Waals surface area contributed by atoms with E-state index >= 15 is 0 Å². The number of hydrogen-bond acceptors (Lipinski definition) is 4. The lowest BCUT2D eigenvalue weighted by Gasteiger charge is -2.36. The van der Waals surface area contributed by atoms with Crippen molar-refractivity contribution in [2.75, 3.05) is 19.6 Å². The van der Waals surface area contributed by atoms with Gasteiger partial charge in [-0.3, -0.25) is 14.4 Å². The number of likely N-dealkylation sites (tertiary alicyclic amines) is 1. The van der Waals surface area contributed by atoms with Gasteiger partial charge >= 0.3 is 0 Å². The molecular weight excluding hydrogens is 292 g/mol. The highest BCUT2D eigenvalue weighted by Gasteiger charge is 2.30. The molecule has 1 amide bonds. The van der Waals surface area contributed by atoms with Gasteiger partial charge in [0.2, 0.25) is 5.91 Å². The van der Waals surface area contributed by atoms with Crippen LogP contribution in [-0.2, 0) is 17.9 Å². The van der Waals surface area contributed by atoms with E-state index in [2.05, 4.69) is 10.00 Å². The van der Waals surface area contributed by atoms with E-state index in [1.807, 2.05) is 40.9 Å². The second-order valence-corrected chi connectivity index (χ2v) is 6.54. The molecular formula is C17H22N4O2. The summed E-state index contributed by atoms with van der Waals surface area (Å²) in [6.07, 6.45) is 3.49. The van der Waals surface area contributed by atoms with Crippen LogP contribution < -0.4 is 0 Å². The van der Waals surface area contributed by atoms with Crippen molar-refractivity contribution >= 4 is 5.91 Å². The van der Waals surface area contributed by atoms with Crippen LogP contribution in [0.4, 0.5) is 0 Å². The maximum Gasteiger partial charge on any atom is 0.224 e. The third kappa shape index (κ3) is 2.91. The van der Waals surface area contributed by atoms with Crippen molar-refractivity contribution in [1.29, 1.82) is 0 Å². The SMILES string of the molecule is Cc1ccc(CN2Cc3ccnn3[C@H](CC(=O)N3CCC3)C2)o1. The largest absolute Gasteiger partial charge is 0.465 e. The molecule has 0 spiro atoms. The van der Waals surface area contributed by atoms with E-state index < -0.39 is 0 Å². The molecule has 0 aliphatic carbocycles. The van der Waals surface area contributed by atoms with Crippen LogP contribution in [0.25, 0.3) is 0 Å². The first-order valence-electron chi connectivity index (χ1n) is 8.27. The lowest BCUT2D eigenvalue weighted by molar-refractivity contribution is -0.135. The van der Waals surface area contributed by atoms with E-state index in [9.17, 15) is 4.79 Å². The fourth-order valence-electron chi connectivity index (χ4n) is 3.42. The first kappa shape index (κ1) is 14.5. The summed E-state index contributed by atoms with van der Waals surface area (Å²) < 4.78 is 7.73. The van der Waals surface area contributed by atoms with E-state index in [-0.39, 0.29) is 11.9 Å². The lowest BCUT2D eigenvalue weighted by Crippen LogP contribution is -2.45. The Morgan fingerprint density at radius 2 is 2.22 bits per heavy atom. The minimum absolute atomic E-state index is 0.109. The number of aromatic nitrogens is 2. The number of carbonyl (C=O) groups is 1. The molecule has 2 aromatic heterocycles. The van der Waals surface area contributed by atoms with Crippen LogP contribution in [0.1, 0.15) is 36.1 Å². The number of fused-ring (bicyclic) bond motifs is 1. The molecule has 1 fully saturated rings. The molecule has 0 bridgehead atoms. The van der Waals surface area contributed by atoms with Gasteiger partial charge in [-0.1, -0.05) is 0 Å². The van der Waals surface area contributed by atoms with Gasteiger partial charge in [0.15, 0.2) is 0 Å². The van der Waals surface area contributed by atoms with E-state index in [4.69, 9.17) is 4.42 Å². The van der Waals surface area contributed by atoms with E-state index in [1.54, 1.807) is 0 Å². The predicted molar refractivity (Wildman–Crippen MR) is 84.6 cm³/mol. The van der Waals surface area contributed by atoms with Gasteiger partial charge in [-0.2, -0.15) is 5.10 Å². The topological polar surface area (TPSA) is 54.5 Å². The number of nitrogens with zero attached hydrogens (tertiary/aromatic N) is 4. The summed E-state index contributed by atoms with van der Waals surface area (Å²) in [5.74, 6) is 2.16. The smallest absolute Gasteiger partial charge is 0.224 e. The summed E-state index contributed by atoms with van der Waals surface area (Å²) in [5.41, 5.74) is 1.17. The average molecular weight is 314 g/mol. The Morgan fingerprint density at radius 3 is 2.91 bits per heavy atom. The quantitative estimate of drug-likeness (QED) is 0.866. The van der Waals surface area contributed by atoms with Crippen molar-refractivity contribution < 1.29 is 9.21 Å². The Hall–Kier alpha value is -2.08. The second-order valence-electron chi connectivity index (χ2n) is 6.54. The Morgan fingerprint density at radius 1 is 1.35 bits per heavy atom. The summed E-state index contributed by atoms with van der Waals surface area (Å²) in [7, 11) is 0. The molecule has 0 N–H and O–H groups in total. The third-order valence-electron chi connectivity index (χ3n) is 4.75. The average Bonchev–Trinajstić information content (AvgIpc) is 3.06. The van der Waals surface area contributed by atoms with Crippen molar-refractivity contribution in [3.8, 4) is 0 Å². The first-order chi connectivity index (χ1) is 11.2. The Bertz CT molecular complexity index is 701. The standard InChI is InChI=1S/C17H22N4O2/c1-13-3-4-16(23-13)12-19-10-14-5-6-18-21(14)15(11-19)9-17(22)20-7-2-8-20/h3-6,15H,2,7-12H2,1H3/t15-/m1/s1. The number of rotatable bonds is 4. The number of furan rings is 1. The molecule has 0 radical (unpaired) electrons. The zero-order valence-electron chi connectivity index (χ0n) is 13.4. The van der Waals surface area contributed by atoms with Crippen LogP contribution in [0.15, 0.2) is 28.8 Å². The van der Waals surface area contributed by atoms with Gasteiger partial charge in [-0.25, -0.2) is 0 Å². The van der Waals surface area contributed by atoms with Crippen LogP contribution in [0.2, 0.25) is 0 Å². The van der Waals surface area contributed by atoms with Crippen molar-refractivity contribution in [3.05, 3.63) is 41.6 Å². The van der Waals surface area contributed by atoms with Crippen molar-refractivity contribution in [1.82, 2.24) is 19.6 Å². The predicted octanol–water partition coefficient (Wildman–Crippen LogP) is 1.96.